The molecule has 0 bridgehead atoms. The zero-order valence-electron chi connectivity index (χ0n) is 12.7. The lowest BCUT2D eigenvalue weighted by Crippen LogP contribution is -2.51. The van der Waals surface area contributed by atoms with E-state index in [0.29, 0.717) is 5.92 Å². The molecule has 2 nitrogen and oxygen atoms in total. The Morgan fingerprint density at radius 1 is 1.26 bits per heavy atom. The molecule has 0 spiro atoms. The van der Waals surface area contributed by atoms with Gasteiger partial charge in [0, 0.05) is 18.6 Å². The molecule has 1 atom stereocenters. The van der Waals surface area contributed by atoms with Crippen molar-refractivity contribution in [2.75, 3.05) is 6.54 Å². The van der Waals surface area contributed by atoms with Crippen LogP contribution < -0.4 is 0 Å². The maximum absolute atomic E-state index is 9.87. The number of likely N-dealkylation sites (tertiary alicyclic amines) is 1. The van der Waals surface area contributed by atoms with Crippen LogP contribution in [0.25, 0.3) is 0 Å². The number of β-amino-alcohol motifs (C(OH)–C–C–N with tert-alkyl or cyclic N) is 1. The summed E-state index contributed by atoms with van der Waals surface area (Å²) in [6, 6.07) is 8.92. The summed E-state index contributed by atoms with van der Waals surface area (Å²) in [6.07, 6.45) is 1.83. The van der Waals surface area contributed by atoms with Crippen molar-refractivity contribution < 1.29 is 5.11 Å². The molecule has 19 heavy (non-hydrogen) atoms. The van der Waals surface area contributed by atoms with Crippen molar-refractivity contribution in [3.8, 4) is 0 Å². The lowest BCUT2D eigenvalue weighted by atomic mass is 9.88. The van der Waals surface area contributed by atoms with Gasteiger partial charge < -0.3 is 5.11 Å². The van der Waals surface area contributed by atoms with Gasteiger partial charge in [-0.1, -0.05) is 38.1 Å². The number of nitrogens with zero attached hydrogens (tertiary/aromatic N) is 1. The molecule has 1 aromatic rings. The lowest BCUT2D eigenvalue weighted by Gasteiger charge is -2.44. The summed E-state index contributed by atoms with van der Waals surface area (Å²) in [4.78, 5) is 2.41. The first-order chi connectivity index (χ1) is 8.88. The topological polar surface area (TPSA) is 23.5 Å². The van der Waals surface area contributed by atoms with Gasteiger partial charge in [0.15, 0.2) is 0 Å². The predicted molar refractivity (Wildman–Crippen MR) is 80.3 cm³/mol. The van der Waals surface area contributed by atoms with Crippen LogP contribution in [0.4, 0.5) is 0 Å². The van der Waals surface area contributed by atoms with Crippen molar-refractivity contribution in [2.24, 2.45) is 0 Å². The van der Waals surface area contributed by atoms with Crippen molar-refractivity contribution in [3.63, 3.8) is 0 Å². The minimum absolute atomic E-state index is 0.164. The Labute approximate surface area is 117 Å². The Bertz CT molecular complexity index is 408. The van der Waals surface area contributed by atoms with Gasteiger partial charge in [-0.05, 0) is 43.7 Å². The fourth-order valence-electron chi connectivity index (χ4n) is 2.78. The molecule has 1 N–H and O–H groups in total. The number of rotatable bonds is 3. The van der Waals surface area contributed by atoms with Gasteiger partial charge in [-0.15, -0.1) is 0 Å². The van der Waals surface area contributed by atoms with Gasteiger partial charge in [0.1, 0.15) is 0 Å². The van der Waals surface area contributed by atoms with Crippen LogP contribution >= 0.6 is 0 Å². The highest BCUT2D eigenvalue weighted by molar-refractivity contribution is 5.24. The first-order valence-corrected chi connectivity index (χ1v) is 7.40. The molecule has 0 aromatic heterocycles. The molecule has 1 saturated heterocycles. The Kier molecular flexibility index (Phi) is 4.32. The van der Waals surface area contributed by atoms with E-state index in [2.05, 4.69) is 56.9 Å². The zero-order valence-corrected chi connectivity index (χ0v) is 12.7. The molecule has 0 aliphatic carbocycles. The molecule has 1 heterocycles. The fraction of sp³-hybridized carbons (Fsp3) is 0.647. The number of benzene rings is 1. The maximum Gasteiger partial charge on any atom is 0.0668 e. The highest BCUT2D eigenvalue weighted by atomic mass is 16.3. The fourth-order valence-corrected chi connectivity index (χ4v) is 2.78. The van der Waals surface area contributed by atoms with Crippen LogP contribution in [0.15, 0.2) is 24.3 Å². The van der Waals surface area contributed by atoms with E-state index in [-0.39, 0.29) is 11.6 Å². The zero-order chi connectivity index (χ0) is 14.0. The lowest BCUT2D eigenvalue weighted by molar-refractivity contribution is -0.00959. The summed E-state index contributed by atoms with van der Waals surface area (Å²) < 4.78 is 0. The molecule has 0 saturated carbocycles. The molecule has 1 aliphatic rings. The average Bonchev–Trinajstić information content (AvgIpc) is 2.35. The van der Waals surface area contributed by atoms with E-state index in [0.717, 1.165) is 25.9 Å². The Hall–Kier alpha value is -0.860. The van der Waals surface area contributed by atoms with Gasteiger partial charge in [-0.25, -0.2) is 0 Å². The molecular formula is C17H27NO. The molecule has 2 heteroatoms. The monoisotopic (exact) mass is 261 g/mol. The van der Waals surface area contributed by atoms with Crippen molar-refractivity contribution in [2.45, 2.75) is 64.6 Å². The van der Waals surface area contributed by atoms with Crippen LogP contribution in [0.2, 0.25) is 0 Å². The quantitative estimate of drug-likeness (QED) is 0.899. The Morgan fingerprint density at radius 2 is 1.89 bits per heavy atom. The third-order valence-electron chi connectivity index (χ3n) is 4.40. The van der Waals surface area contributed by atoms with E-state index >= 15 is 0 Å². The highest BCUT2D eigenvalue weighted by Gasteiger charge is 2.33. The average molecular weight is 261 g/mol. The number of hydrogen-bond acceptors (Lipinski definition) is 2. The summed E-state index contributed by atoms with van der Waals surface area (Å²) in [7, 11) is 0. The van der Waals surface area contributed by atoms with Gasteiger partial charge in [-0.3, -0.25) is 4.90 Å². The Morgan fingerprint density at radius 3 is 2.47 bits per heavy atom. The van der Waals surface area contributed by atoms with Gasteiger partial charge >= 0.3 is 0 Å². The second-order valence-corrected chi connectivity index (χ2v) is 6.78. The number of hydrogen-bond donors (Lipinski definition) is 1. The Balaban J connectivity index is 2.06. The van der Waals surface area contributed by atoms with Crippen molar-refractivity contribution in [1.82, 2.24) is 4.90 Å². The van der Waals surface area contributed by atoms with Gasteiger partial charge in [0.05, 0.1) is 6.10 Å². The summed E-state index contributed by atoms with van der Waals surface area (Å²) in [5.74, 6) is 0.585. The summed E-state index contributed by atoms with van der Waals surface area (Å²) in [5, 5.41) is 9.87. The number of piperidine rings is 1. The van der Waals surface area contributed by atoms with E-state index in [1.807, 2.05) is 0 Å². The highest BCUT2D eigenvalue weighted by Crippen LogP contribution is 2.29. The second-order valence-electron chi connectivity index (χ2n) is 6.78. The van der Waals surface area contributed by atoms with Gasteiger partial charge in [0.25, 0.3) is 0 Å². The summed E-state index contributed by atoms with van der Waals surface area (Å²) in [5.41, 5.74) is 2.92. The molecule has 1 unspecified atom stereocenters. The van der Waals surface area contributed by atoms with E-state index in [1.54, 1.807) is 0 Å². The van der Waals surface area contributed by atoms with Crippen LogP contribution in [-0.4, -0.2) is 28.2 Å². The normalized spacial score (nSPS) is 23.8. The number of aliphatic hydroxyl groups is 1. The van der Waals surface area contributed by atoms with Crippen LogP contribution in [0.3, 0.4) is 0 Å². The maximum atomic E-state index is 9.87. The van der Waals surface area contributed by atoms with Crippen molar-refractivity contribution in [1.29, 1.82) is 0 Å². The summed E-state index contributed by atoms with van der Waals surface area (Å²) in [6.45, 7) is 10.7. The second kappa shape index (κ2) is 5.64. The molecule has 2 rings (SSSR count). The molecule has 1 aliphatic heterocycles. The van der Waals surface area contributed by atoms with Gasteiger partial charge in [-0.2, -0.15) is 0 Å². The minimum Gasteiger partial charge on any atom is -0.392 e. The van der Waals surface area contributed by atoms with Crippen LogP contribution in [-0.2, 0) is 6.54 Å². The van der Waals surface area contributed by atoms with E-state index in [9.17, 15) is 5.11 Å². The smallest absolute Gasteiger partial charge is 0.0668 e. The first-order valence-electron chi connectivity index (χ1n) is 7.40. The molecular weight excluding hydrogens is 234 g/mol. The van der Waals surface area contributed by atoms with Crippen LogP contribution in [0.1, 0.15) is 57.6 Å². The molecule has 0 radical (unpaired) electrons. The molecule has 1 fully saturated rings. The largest absolute Gasteiger partial charge is 0.392 e. The van der Waals surface area contributed by atoms with E-state index < -0.39 is 0 Å². The molecule has 1 aromatic carbocycles. The number of aliphatic hydroxyl groups excluding tert-OH is 1. The van der Waals surface area contributed by atoms with Crippen molar-refractivity contribution in [3.05, 3.63) is 35.4 Å². The summed E-state index contributed by atoms with van der Waals surface area (Å²) >= 11 is 0. The standard InChI is InChI=1S/C17H27NO/c1-13(2)15-7-5-14(6-8-15)11-18-12-16(19)9-10-17(18,3)4/h5-8,13,16,19H,9-12H2,1-4H3. The van der Waals surface area contributed by atoms with E-state index in [4.69, 9.17) is 0 Å². The SMILES string of the molecule is CC(C)c1ccc(CN2CC(O)CCC2(C)C)cc1. The third-order valence-corrected chi connectivity index (χ3v) is 4.40. The van der Waals surface area contributed by atoms with Crippen LogP contribution in [0, 0.1) is 0 Å². The molecule has 106 valence electrons. The van der Waals surface area contributed by atoms with Crippen LogP contribution in [0.5, 0.6) is 0 Å². The van der Waals surface area contributed by atoms with Crippen molar-refractivity contribution >= 4 is 0 Å². The van der Waals surface area contributed by atoms with E-state index in [1.165, 1.54) is 11.1 Å². The minimum atomic E-state index is -0.164. The van der Waals surface area contributed by atoms with Gasteiger partial charge in [0.2, 0.25) is 0 Å². The first kappa shape index (κ1) is 14.5. The predicted octanol–water partition coefficient (Wildman–Crippen LogP) is 3.55. The third kappa shape index (κ3) is 3.58. The molecule has 0 amide bonds.